The van der Waals surface area contributed by atoms with Crippen LogP contribution in [0.3, 0.4) is 0 Å². The van der Waals surface area contributed by atoms with Gasteiger partial charge < -0.3 is 15.7 Å². The molecule has 1 amide bonds. The number of piperazine rings is 1. The molecule has 1 fully saturated rings. The number of nitrogens with zero attached hydrogens (tertiary/aromatic N) is 3. The molecular formula is C21H29N5O2. The lowest BCUT2D eigenvalue weighted by molar-refractivity contribution is -0.140. The summed E-state index contributed by atoms with van der Waals surface area (Å²) >= 11 is 0. The van der Waals surface area contributed by atoms with Crippen molar-refractivity contribution in [2.75, 3.05) is 13.1 Å². The van der Waals surface area contributed by atoms with Gasteiger partial charge in [0.2, 0.25) is 5.91 Å². The first-order chi connectivity index (χ1) is 13.5. The summed E-state index contributed by atoms with van der Waals surface area (Å²) in [6, 6.07) is 9.33. The Morgan fingerprint density at radius 2 is 1.93 bits per heavy atom. The lowest BCUT2D eigenvalue weighted by Gasteiger charge is -2.44. The van der Waals surface area contributed by atoms with Crippen LogP contribution in [0, 0.1) is 5.92 Å². The zero-order chi connectivity index (χ0) is 20.1. The maximum atomic E-state index is 12.8. The number of benzene rings is 1. The van der Waals surface area contributed by atoms with Gasteiger partial charge in [-0.05, 0) is 24.5 Å². The van der Waals surface area contributed by atoms with E-state index in [4.69, 9.17) is 0 Å². The van der Waals surface area contributed by atoms with Gasteiger partial charge in [-0.25, -0.2) is 9.97 Å². The third-order valence-electron chi connectivity index (χ3n) is 5.10. The fourth-order valence-corrected chi connectivity index (χ4v) is 3.49. The van der Waals surface area contributed by atoms with Crippen LogP contribution in [-0.2, 0) is 11.3 Å². The molecule has 0 bridgehead atoms. The van der Waals surface area contributed by atoms with E-state index in [1.54, 1.807) is 18.5 Å². The number of carbonyl (C=O) groups is 1. The number of amides is 1. The van der Waals surface area contributed by atoms with Crippen LogP contribution in [0.25, 0.3) is 11.4 Å². The third kappa shape index (κ3) is 4.73. The van der Waals surface area contributed by atoms with Crippen molar-refractivity contribution in [1.82, 2.24) is 25.5 Å². The Labute approximate surface area is 166 Å². The molecule has 0 spiro atoms. The summed E-state index contributed by atoms with van der Waals surface area (Å²) in [7, 11) is 0. The molecule has 1 unspecified atom stereocenters. The molecule has 2 heterocycles. The van der Waals surface area contributed by atoms with Crippen LogP contribution in [0.5, 0.6) is 0 Å². The van der Waals surface area contributed by atoms with Gasteiger partial charge in [-0.3, -0.25) is 9.69 Å². The molecule has 1 aromatic carbocycles. The second-order valence-corrected chi connectivity index (χ2v) is 7.62. The van der Waals surface area contributed by atoms with E-state index in [-0.39, 0.29) is 17.9 Å². The normalized spacial score (nSPS) is 21.5. The van der Waals surface area contributed by atoms with Crippen molar-refractivity contribution in [3.05, 3.63) is 48.3 Å². The number of nitrogens with one attached hydrogen (secondary N) is 2. The molecule has 7 heteroatoms. The van der Waals surface area contributed by atoms with Crippen molar-refractivity contribution in [3.63, 3.8) is 0 Å². The zero-order valence-electron chi connectivity index (χ0n) is 16.7. The van der Waals surface area contributed by atoms with Crippen LogP contribution >= 0.6 is 0 Å². The number of aliphatic hydroxyl groups excluding tert-OH is 1. The van der Waals surface area contributed by atoms with Gasteiger partial charge in [0.25, 0.3) is 0 Å². The van der Waals surface area contributed by atoms with Crippen LogP contribution < -0.4 is 10.6 Å². The van der Waals surface area contributed by atoms with Gasteiger partial charge in [0.1, 0.15) is 12.3 Å². The molecule has 0 radical (unpaired) electrons. The van der Waals surface area contributed by atoms with Crippen molar-refractivity contribution in [3.8, 4) is 11.4 Å². The molecule has 0 aliphatic carbocycles. The highest BCUT2D eigenvalue weighted by Crippen LogP contribution is 2.19. The quantitative estimate of drug-likeness (QED) is 0.699. The summed E-state index contributed by atoms with van der Waals surface area (Å²) in [4.78, 5) is 23.2. The molecule has 3 N–H and O–H groups in total. The molecule has 28 heavy (non-hydrogen) atoms. The van der Waals surface area contributed by atoms with E-state index in [0.717, 1.165) is 17.7 Å². The Hall–Kier alpha value is -2.35. The van der Waals surface area contributed by atoms with E-state index in [0.29, 0.717) is 18.9 Å². The maximum Gasteiger partial charge on any atom is 0.239 e. The topological polar surface area (TPSA) is 90.4 Å². The van der Waals surface area contributed by atoms with Gasteiger partial charge >= 0.3 is 0 Å². The summed E-state index contributed by atoms with van der Waals surface area (Å²) in [5.74, 6) is 0.663. The van der Waals surface area contributed by atoms with E-state index in [9.17, 15) is 9.90 Å². The van der Waals surface area contributed by atoms with Crippen molar-refractivity contribution in [2.45, 2.75) is 45.6 Å². The predicted octanol–water partition coefficient (Wildman–Crippen LogP) is 1.40. The Morgan fingerprint density at radius 1 is 1.25 bits per heavy atom. The Bertz CT molecular complexity index is 766. The molecule has 1 saturated heterocycles. The van der Waals surface area contributed by atoms with Gasteiger partial charge in [-0.15, -0.1) is 0 Å². The van der Waals surface area contributed by atoms with Crippen molar-refractivity contribution in [2.24, 2.45) is 5.92 Å². The number of rotatable bonds is 6. The Balaban J connectivity index is 1.62. The molecule has 1 aromatic heterocycles. The largest absolute Gasteiger partial charge is 0.378 e. The van der Waals surface area contributed by atoms with Gasteiger partial charge in [0.05, 0.1) is 0 Å². The highest BCUT2D eigenvalue weighted by Gasteiger charge is 2.37. The van der Waals surface area contributed by atoms with E-state index in [1.165, 1.54) is 0 Å². The standard InChI is InChI=1S/C21H29N5O2/c1-14(2)21(28)26-15(3)11-22-13-18(26)20(27)25-12-16-5-7-17(8-6-16)19-23-9-4-10-24-19/h4-10,14-15,18,21-22,28H,11-13H2,1-3H3,(H,25,27)/t15-,18-,21?/m1/s1. The van der Waals surface area contributed by atoms with E-state index in [2.05, 4.69) is 20.6 Å². The number of aromatic nitrogens is 2. The average Bonchev–Trinajstić information content (AvgIpc) is 2.72. The summed E-state index contributed by atoms with van der Waals surface area (Å²) in [5, 5.41) is 16.9. The molecule has 150 valence electrons. The molecule has 3 rings (SSSR count). The second kappa shape index (κ2) is 9.23. The molecule has 0 saturated carbocycles. The Kier molecular flexibility index (Phi) is 6.72. The monoisotopic (exact) mass is 383 g/mol. The van der Waals surface area contributed by atoms with E-state index < -0.39 is 12.3 Å². The fourth-order valence-electron chi connectivity index (χ4n) is 3.49. The molecule has 3 atom stereocenters. The number of hydrogen-bond acceptors (Lipinski definition) is 6. The first-order valence-electron chi connectivity index (χ1n) is 9.77. The second-order valence-electron chi connectivity index (χ2n) is 7.62. The van der Waals surface area contributed by atoms with Crippen LogP contribution in [0.4, 0.5) is 0 Å². The lowest BCUT2D eigenvalue weighted by atomic mass is 10.0. The Morgan fingerprint density at radius 3 is 2.57 bits per heavy atom. The lowest BCUT2D eigenvalue weighted by Crippen LogP contribution is -2.65. The number of aliphatic hydroxyl groups is 1. The van der Waals surface area contributed by atoms with E-state index >= 15 is 0 Å². The molecular weight excluding hydrogens is 354 g/mol. The summed E-state index contributed by atoms with van der Waals surface area (Å²) < 4.78 is 0. The van der Waals surface area contributed by atoms with Crippen molar-refractivity contribution < 1.29 is 9.90 Å². The van der Waals surface area contributed by atoms with Gasteiger partial charge in [-0.2, -0.15) is 0 Å². The highest BCUT2D eigenvalue weighted by atomic mass is 16.3. The van der Waals surface area contributed by atoms with Crippen LogP contribution in [0.2, 0.25) is 0 Å². The smallest absolute Gasteiger partial charge is 0.239 e. The number of hydrogen-bond donors (Lipinski definition) is 3. The van der Waals surface area contributed by atoms with Crippen LogP contribution in [0.1, 0.15) is 26.3 Å². The third-order valence-corrected chi connectivity index (χ3v) is 5.10. The SMILES string of the molecule is CC(C)C(O)N1[C@H](C)CNC[C@@H]1C(=O)NCc1ccc(-c2ncccn2)cc1. The van der Waals surface area contributed by atoms with Crippen LogP contribution in [-0.4, -0.2) is 57.3 Å². The number of carbonyl (C=O) groups excluding carboxylic acids is 1. The first-order valence-corrected chi connectivity index (χ1v) is 9.77. The summed E-state index contributed by atoms with van der Waals surface area (Å²) in [5.41, 5.74) is 1.94. The van der Waals surface area contributed by atoms with Gasteiger partial charge in [0, 0.05) is 43.6 Å². The van der Waals surface area contributed by atoms with Gasteiger partial charge in [-0.1, -0.05) is 38.1 Å². The minimum absolute atomic E-state index is 0.0589. The maximum absolute atomic E-state index is 12.8. The molecule has 7 nitrogen and oxygen atoms in total. The van der Waals surface area contributed by atoms with Crippen molar-refractivity contribution >= 4 is 5.91 Å². The van der Waals surface area contributed by atoms with Crippen LogP contribution in [0.15, 0.2) is 42.7 Å². The van der Waals surface area contributed by atoms with Crippen molar-refractivity contribution in [1.29, 1.82) is 0 Å². The molecule has 1 aliphatic rings. The zero-order valence-corrected chi connectivity index (χ0v) is 16.7. The minimum atomic E-state index is -0.641. The highest BCUT2D eigenvalue weighted by molar-refractivity contribution is 5.82. The summed E-state index contributed by atoms with van der Waals surface area (Å²) in [6.07, 6.45) is 2.79. The van der Waals surface area contributed by atoms with Gasteiger partial charge in [0.15, 0.2) is 5.82 Å². The van der Waals surface area contributed by atoms with E-state index in [1.807, 2.05) is 49.9 Å². The molecule has 2 aromatic rings. The summed E-state index contributed by atoms with van der Waals surface area (Å²) in [6.45, 7) is 7.69. The average molecular weight is 383 g/mol. The first kappa shape index (κ1) is 20.4. The molecule has 1 aliphatic heterocycles. The minimum Gasteiger partial charge on any atom is -0.378 e. The predicted molar refractivity (Wildman–Crippen MR) is 108 cm³/mol. The fraction of sp³-hybridized carbons (Fsp3) is 0.476.